The molecular weight excluding hydrogens is 228 g/mol. The second kappa shape index (κ2) is 6.74. The fourth-order valence-electron chi connectivity index (χ4n) is 2.15. The van der Waals surface area contributed by atoms with E-state index in [1.165, 1.54) is 0 Å². The summed E-state index contributed by atoms with van der Waals surface area (Å²) in [4.78, 5) is 14.8. The molecule has 0 aromatic carbocycles. The molecule has 1 atom stereocenters. The molecule has 0 saturated carbocycles. The Hall–Kier alpha value is -0.910. The van der Waals surface area contributed by atoms with E-state index < -0.39 is 13.0 Å². The maximum absolute atomic E-state index is 12.4. The van der Waals surface area contributed by atoms with Crippen LogP contribution in [0, 0.1) is 5.92 Å². The molecule has 1 fully saturated rings. The van der Waals surface area contributed by atoms with E-state index in [1.54, 1.807) is 4.90 Å². The highest BCUT2D eigenvalue weighted by molar-refractivity contribution is 5.74. The van der Waals surface area contributed by atoms with Crippen LogP contribution < -0.4 is 5.73 Å². The molecule has 2 N–H and O–H groups in total. The number of amides is 2. The van der Waals surface area contributed by atoms with Crippen LogP contribution in [0.5, 0.6) is 0 Å². The summed E-state index contributed by atoms with van der Waals surface area (Å²) in [5, 5.41) is 0. The average Bonchev–Trinajstić information content (AvgIpc) is 2.27. The van der Waals surface area contributed by atoms with Gasteiger partial charge in [-0.15, -0.1) is 0 Å². The van der Waals surface area contributed by atoms with Crippen molar-refractivity contribution in [2.75, 3.05) is 32.7 Å². The third-order valence-electron chi connectivity index (χ3n) is 2.96. The van der Waals surface area contributed by atoms with Gasteiger partial charge in [0.2, 0.25) is 0 Å². The molecule has 0 aromatic heterocycles. The first-order chi connectivity index (χ1) is 8.04. The highest BCUT2D eigenvalue weighted by Crippen LogP contribution is 2.17. The SMILES string of the molecule is CC1CCCN(C(=O)N(CCN)CC(F)F)C1. The quantitative estimate of drug-likeness (QED) is 0.818. The fraction of sp³-hybridized carbons (Fsp3) is 0.909. The molecule has 17 heavy (non-hydrogen) atoms. The van der Waals surface area contributed by atoms with E-state index in [0.29, 0.717) is 19.0 Å². The Morgan fingerprint density at radius 2 is 2.29 bits per heavy atom. The van der Waals surface area contributed by atoms with E-state index in [1.807, 2.05) is 0 Å². The zero-order valence-electron chi connectivity index (χ0n) is 10.2. The van der Waals surface area contributed by atoms with Gasteiger partial charge in [0.15, 0.2) is 0 Å². The number of hydrogen-bond acceptors (Lipinski definition) is 2. The van der Waals surface area contributed by atoms with E-state index in [4.69, 9.17) is 5.73 Å². The van der Waals surface area contributed by atoms with E-state index >= 15 is 0 Å². The Bertz CT molecular complexity index is 251. The van der Waals surface area contributed by atoms with Crippen molar-refractivity contribution in [2.45, 2.75) is 26.2 Å². The summed E-state index contributed by atoms with van der Waals surface area (Å²) in [5.74, 6) is 0.443. The predicted molar refractivity (Wildman–Crippen MR) is 62.0 cm³/mol. The molecule has 0 spiro atoms. The second-order valence-corrected chi connectivity index (χ2v) is 4.60. The molecule has 0 aliphatic carbocycles. The van der Waals surface area contributed by atoms with E-state index in [9.17, 15) is 13.6 Å². The number of hydrogen-bond donors (Lipinski definition) is 1. The number of nitrogens with zero attached hydrogens (tertiary/aromatic N) is 2. The van der Waals surface area contributed by atoms with Gasteiger partial charge in [-0.25, -0.2) is 13.6 Å². The van der Waals surface area contributed by atoms with Crippen LogP contribution in [0.2, 0.25) is 0 Å². The zero-order chi connectivity index (χ0) is 12.8. The summed E-state index contributed by atoms with van der Waals surface area (Å²) >= 11 is 0. The molecule has 1 rings (SSSR count). The highest BCUT2D eigenvalue weighted by atomic mass is 19.3. The molecule has 4 nitrogen and oxygen atoms in total. The molecule has 1 unspecified atom stereocenters. The number of urea groups is 1. The molecule has 2 amide bonds. The van der Waals surface area contributed by atoms with Crippen molar-refractivity contribution in [1.29, 1.82) is 0 Å². The largest absolute Gasteiger partial charge is 0.329 e. The van der Waals surface area contributed by atoms with Crippen LogP contribution in [0.15, 0.2) is 0 Å². The molecule has 1 aliphatic heterocycles. The Morgan fingerprint density at radius 3 is 2.82 bits per heavy atom. The van der Waals surface area contributed by atoms with Gasteiger partial charge in [-0.1, -0.05) is 6.92 Å². The molecule has 0 bridgehead atoms. The summed E-state index contributed by atoms with van der Waals surface area (Å²) < 4.78 is 24.7. The van der Waals surface area contributed by atoms with Crippen LogP contribution >= 0.6 is 0 Å². The van der Waals surface area contributed by atoms with Crippen molar-refractivity contribution in [2.24, 2.45) is 11.7 Å². The minimum Gasteiger partial charge on any atom is -0.329 e. The van der Waals surface area contributed by atoms with Crippen molar-refractivity contribution in [3.05, 3.63) is 0 Å². The van der Waals surface area contributed by atoms with Crippen molar-refractivity contribution >= 4 is 6.03 Å². The lowest BCUT2D eigenvalue weighted by Crippen LogP contribution is -2.49. The van der Waals surface area contributed by atoms with Gasteiger partial charge < -0.3 is 15.5 Å². The van der Waals surface area contributed by atoms with E-state index in [0.717, 1.165) is 17.7 Å². The lowest BCUT2D eigenvalue weighted by atomic mass is 10.0. The Balaban J connectivity index is 2.56. The summed E-state index contributed by atoms with van der Waals surface area (Å²) in [7, 11) is 0. The van der Waals surface area contributed by atoms with Gasteiger partial charge in [-0.2, -0.15) is 0 Å². The average molecular weight is 249 g/mol. The number of nitrogens with two attached hydrogens (primary N) is 1. The predicted octanol–water partition coefficient (Wildman–Crippen LogP) is 1.36. The Labute approximate surface area is 101 Å². The molecule has 1 heterocycles. The Kier molecular flexibility index (Phi) is 5.61. The molecule has 1 aliphatic rings. The minimum atomic E-state index is -2.51. The molecule has 0 aromatic rings. The number of piperidine rings is 1. The third-order valence-corrected chi connectivity index (χ3v) is 2.96. The number of likely N-dealkylation sites (tertiary alicyclic amines) is 1. The van der Waals surface area contributed by atoms with Gasteiger partial charge in [0, 0.05) is 26.2 Å². The molecule has 100 valence electrons. The van der Waals surface area contributed by atoms with E-state index in [-0.39, 0.29) is 19.1 Å². The molecule has 0 radical (unpaired) electrons. The van der Waals surface area contributed by atoms with Crippen molar-refractivity contribution < 1.29 is 13.6 Å². The van der Waals surface area contributed by atoms with Crippen LogP contribution in [-0.2, 0) is 0 Å². The van der Waals surface area contributed by atoms with Gasteiger partial charge in [-0.05, 0) is 18.8 Å². The summed E-state index contributed by atoms with van der Waals surface area (Å²) in [6.45, 7) is 3.26. The standard InChI is InChI=1S/C11H21F2N3O/c1-9-3-2-5-15(7-9)11(17)16(6-4-14)8-10(12)13/h9-10H,2-8,14H2,1H3. The summed E-state index contributed by atoms with van der Waals surface area (Å²) in [6, 6.07) is -0.303. The van der Waals surface area contributed by atoms with Crippen LogP contribution in [-0.4, -0.2) is 55.0 Å². The number of alkyl halides is 2. The molecular formula is C11H21F2N3O. The maximum atomic E-state index is 12.4. The van der Waals surface area contributed by atoms with Gasteiger partial charge in [0.1, 0.15) is 0 Å². The number of carbonyl (C=O) groups is 1. The Morgan fingerprint density at radius 1 is 1.59 bits per heavy atom. The lowest BCUT2D eigenvalue weighted by Gasteiger charge is -2.35. The normalized spacial score (nSPS) is 20.8. The van der Waals surface area contributed by atoms with Crippen LogP contribution in [0.25, 0.3) is 0 Å². The van der Waals surface area contributed by atoms with Crippen LogP contribution in [0.3, 0.4) is 0 Å². The van der Waals surface area contributed by atoms with E-state index in [2.05, 4.69) is 6.92 Å². The lowest BCUT2D eigenvalue weighted by molar-refractivity contribution is 0.0795. The van der Waals surface area contributed by atoms with Crippen molar-refractivity contribution in [3.63, 3.8) is 0 Å². The van der Waals surface area contributed by atoms with Crippen LogP contribution in [0.1, 0.15) is 19.8 Å². The first-order valence-corrected chi connectivity index (χ1v) is 6.06. The van der Waals surface area contributed by atoms with Gasteiger partial charge in [0.25, 0.3) is 6.43 Å². The van der Waals surface area contributed by atoms with Crippen molar-refractivity contribution in [3.8, 4) is 0 Å². The van der Waals surface area contributed by atoms with Gasteiger partial charge in [0.05, 0.1) is 6.54 Å². The summed E-state index contributed by atoms with van der Waals surface area (Å²) in [5.41, 5.74) is 5.34. The molecule has 6 heteroatoms. The topological polar surface area (TPSA) is 49.6 Å². The minimum absolute atomic E-state index is 0.189. The van der Waals surface area contributed by atoms with Gasteiger partial charge >= 0.3 is 6.03 Å². The maximum Gasteiger partial charge on any atom is 0.320 e. The van der Waals surface area contributed by atoms with Crippen molar-refractivity contribution in [1.82, 2.24) is 9.80 Å². The smallest absolute Gasteiger partial charge is 0.320 e. The number of halogens is 2. The monoisotopic (exact) mass is 249 g/mol. The fourth-order valence-corrected chi connectivity index (χ4v) is 2.15. The van der Waals surface area contributed by atoms with Gasteiger partial charge in [-0.3, -0.25) is 0 Å². The third kappa shape index (κ3) is 4.46. The van der Waals surface area contributed by atoms with Crippen LogP contribution in [0.4, 0.5) is 13.6 Å². The first-order valence-electron chi connectivity index (χ1n) is 6.06. The summed E-state index contributed by atoms with van der Waals surface area (Å²) in [6.07, 6.45) is -0.471. The number of rotatable bonds is 4. The molecule has 1 saturated heterocycles. The zero-order valence-corrected chi connectivity index (χ0v) is 10.2. The second-order valence-electron chi connectivity index (χ2n) is 4.60. The highest BCUT2D eigenvalue weighted by Gasteiger charge is 2.26. The first kappa shape index (κ1) is 14.2. The number of carbonyl (C=O) groups excluding carboxylic acids is 1.